The number of carbonyl (C=O) groups excluding carboxylic acids is 3. The summed E-state index contributed by atoms with van der Waals surface area (Å²) in [6, 6.07) is 10.8. The second-order valence-electron chi connectivity index (χ2n) is 9.13. The van der Waals surface area contributed by atoms with Gasteiger partial charge in [0.25, 0.3) is 0 Å². The number of halogens is 3. The third-order valence-corrected chi connectivity index (χ3v) is 6.76. The highest BCUT2D eigenvalue weighted by Gasteiger charge is 2.48. The molecule has 37 heavy (non-hydrogen) atoms. The number of rotatable bonds is 7. The number of ether oxygens (including phenoxy) is 1. The second-order valence-corrected chi connectivity index (χ2v) is 9.54. The number of alkyl halides is 1. The van der Waals surface area contributed by atoms with E-state index >= 15 is 4.39 Å². The first-order chi connectivity index (χ1) is 17.6. The summed E-state index contributed by atoms with van der Waals surface area (Å²) < 4.78 is 36.5. The maximum atomic E-state index is 15.4. The van der Waals surface area contributed by atoms with Crippen LogP contribution < -0.4 is 5.32 Å². The number of nitrogens with one attached hydrogen (secondary N) is 1. The predicted molar refractivity (Wildman–Crippen MR) is 135 cm³/mol. The number of carbonyl (C=O) groups is 3. The zero-order valence-electron chi connectivity index (χ0n) is 20.6. The zero-order chi connectivity index (χ0) is 26.9. The van der Waals surface area contributed by atoms with Gasteiger partial charge in [-0.15, -0.1) is 0 Å². The van der Waals surface area contributed by atoms with Crippen LogP contribution in [-0.4, -0.2) is 71.2 Å². The molecule has 2 heterocycles. The van der Waals surface area contributed by atoms with Crippen molar-refractivity contribution in [3.8, 4) is 0 Å². The summed E-state index contributed by atoms with van der Waals surface area (Å²) in [4.78, 5) is 40.8. The largest absolute Gasteiger partial charge is 0.422 e. The summed E-state index contributed by atoms with van der Waals surface area (Å²) in [6.07, 6.45) is -2.58. The van der Waals surface area contributed by atoms with Gasteiger partial charge in [-0.05, 0) is 33.2 Å². The number of hydrogen-bond acceptors (Lipinski definition) is 5. The Morgan fingerprint density at radius 2 is 1.89 bits per heavy atom. The Morgan fingerprint density at radius 1 is 1.16 bits per heavy atom. The van der Waals surface area contributed by atoms with Crippen LogP contribution in [0.3, 0.4) is 0 Å². The van der Waals surface area contributed by atoms with Gasteiger partial charge in [0.1, 0.15) is 12.4 Å². The average molecular weight is 533 g/mol. The molecule has 11 heteroatoms. The molecule has 1 saturated heterocycles. The molecular formula is C26H27ClF2N4O4. The van der Waals surface area contributed by atoms with Crippen molar-refractivity contribution in [1.29, 1.82) is 0 Å². The zero-order valence-corrected chi connectivity index (χ0v) is 21.3. The molecule has 0 bridgehead atoms. The molecule has 0 aliphatic carbocycles. The Bertz CT molecular complexity index is 1350. The molecule has 1 aromatic heterocycles. The van der Waals surface area contributed by atoms with E-state index < -0.39 is 36.3 Å². The van der Waals surface area contributed by atoms with Crippen molar-refractivity contribution in [3.63, 3.8) is 0 Å². The fraction of sp³-hybridized carbons (Fsp3) is 0.346. The SMILES string of the molecule is CC(=O)c1cn(CC(=O)N2C[C@@H](N(C)C)[C@H](F)[C@H]2OC(=O)NCc2cccc(Cl)c2F)c2ccccc12. The van der Waals surface area contributed by atoms with E-state index in [1.165, 1.54) is 30.0 Å². The lowest BCUT2D eigenvalue weighted by molar-refractivity contribution is -0.140. The normalized spacial score (nSPS) is 19.4. The fourth-order valence-corrected chi connectivity index (χ4v) is 4.68. The number of likely N-dealkylation sites (tertiary alicyclic amines) is 1. The van der Waals surface area contributed by atoms with Gasteiger partial charge in [0.05, 0.1) is 11.1 Å². The number of likely N-dealkylation sites (N-methyl/N-ethyl adjacent to an activating group) is 1. The van der Waals surface area contributed by atoms with Gasteiger partial charge in [0, 0.05) is 41.3 Å². The number of benzene rings is 2. The van der Waals surface area contributed by atoms with Crippen molar-refractivity contribution >= 4 is 40.3 Å². The number of nitrogens with zero attached hydrogens (tertiary/aromatic N) is 3. The van der Waals surface area contributed by atoms with E-state index in [0.717, 1.165) is 0 Å². The van der Waals surface area contributed by atoms with Crippen LogP contribution >= 0.6 is 11.6 Å². The minimum absolute atomic E-state index is 0.00731. The molecule has 3 aromatic rings. The highest BCUT2D eigenvalue weighted by atomic mass is 35.5. The lowest BCUT2D eigenvalue weighted by atomic mass is 10.1. The van der Waals surface area contributed by atoms with Gasteiger partial charge in [0.2, 0.25) is 12.1 Å². The predicted octanol–water partition coefficient (Wildman–Crippen LogP) is 4.00. The lowest BCUT2D eigenvalue weighted by Crippen LogP contribution is -2.45. The van der Waals surface area contributed by atoms with Crippen molar-refractivity contribution in [2.24, 2.45) is 0 Å². The van der Waals surface area contributed by atoms with Gasteiger partial charge in [-0.2, -0.15) is 0 Å². The summed E-state index contributed by atoms with van der Waals surface area (Å²) in [5.74, 6) is -1.31. The number of amides is 2. The Morgan fingerprint density at radius 3 is 2.59 bits per heavy atom. The summed E-state index contributed by atoms with van der Waals surface area (Å²) in [7, 11) is 3.34. The van der Waals surface area contributed by atoms with E-state index in [4.69, 9.17) is 16.3 Å². The Balaban J connectivity index is 1.52. The molecule has 196 valence electrons. The first-order valence-electron chi connectivity index (χ1n) is 11.6. The third-order valence-electron chi connectivity index (χ3n) is 6.47. The van der Waals surface area contributed by atoms with Crippen molar-refractivity contribution in [2.75, 3.05) is 20.6 Å². The maximum absolute atomic E-state index is 15.4. The Kier molecular flexibility index (Phi) is 7.79. The van der Waals surface area contributed by atoms with Crippen LogP contribution in [0.25, 0.3) is 10.9 Å². The molecule has 1 N–H and O–H groups in total. The van der Waals surface area contributed by atoms with Crippen molar-refractivity contribution < 1.29 is 27.9 Å². The monoisotopic (exact) mass is 532 g/mol. The van der Waals surface area contributed by atoms with Crippen LogP contribution in [0.4, 0.5) is 13.6 Å². The molecule has 0 unspecified atom stereocenters. The highest BCUT2D eigenvalue weighted by molar-refractivity contribution is 6.30. The maximum Gasteiger partial charge on any atom is 0.409 e. The standard InChI is InChI=1S/C26H27ClF2N4O4/c1-15(34)18-12-32(20-10-5-4-8-17(18)20)14-22(35)33-13-21(31(2)3)24(29)25(33)37-26(36)30-11-16-7-6-9-19(27)23(16)28/h4-10,12,21,24-25H,11,13-14H2,1-3H3,(H,30,36)/t21-,24+,25-/m1/s1. The molecular weight excluding hydrogens is 506 g/mol. The first-order valence-corrected chi connectivity index (χ1v) is 12.0. The van der Waals surface area contributed by atoms with Crippen molar-refractivity contribution in [2.45, 2.75) is 38.5 Å². The van der Waals surface area contributed by atoms with Crippen LogP contribution in [0.5, 0.6) is 0 Å². The summed E-state index contributed by atoms with van der Waals surface area (Å²) in [5, 5.41) is 3.00. The average Bonchev–Trinajstić information content (AvgIpc) is 3.38. The van der Waals surface area contributed by atoms with Gasteiger partial charge in [-0.1, -0.05) is 41.9 Å². The molecule has 0 saturated carbocycles. The summed E-state index contributed by atoms with van der Waals surface area (Å²) in [5.41, 5.74) is 1.28. The highest BCUT2D eigenvalue weighted by Crippen LogP contribution is 2.28. The van der Waals surface area contributed by atoms with Crippen molar-refractivity contribution in [3.05, 3.63) is 70.6 Å². The lowest BCUT2D eigenvalue weighted by Gasteiger charge is -2.25. The molecule has 0 spiro atoms. The number of alkyl carbamates (subject to hydrolysis) is 1. The first kappa shape index (κ1) is 26.6. The van der Waals surface area contributed by atoms with E-state index in [0.29, 0.717) is 16.5 Å². The minimum atomic E-state index is -1.68. The smallest absolute Gasteiger partial charge is 0.409 e. The molecule has 0 radical (unpaired) electrons. The molecule has 1 aliphatic heterocycles. The van der Waals surface area contributed by atoms with E-state index in [1.54, 1.807) is 54.0 Å². The van der Waals surface area contributed by atoms with E-state index in [9.17, 15) is 18.8 Å². The fourth-order valence-electron chi connectivity index (χ4n) is 4.49. The van der Waals surface area contributed by atoms with E-state index in [-0.39, 0.29) is 36.0 Å². The molecule has 1 aliphatic rings. The minimum Gasteiger partial charge on any atom is -0.422 e. The molecule has 8 nitrogen and oxygen atoms in total. The van der Waals surface area contributed by atoms with Crippen LogP contribution in [0.2, 0.25) is 5.02 Å². The number of aromatic nitrogens is 1. The number of para-hydroxylation sites is 1. The van der Waals surface area contributed by atoms with E-state index in [2.05, 4.69) is 5.32 Å². The van der Waals surface area contributed by atoms with Crippen molar-refractivity contribution in [1.82, 2.24) is 19.7 Å². The molecule has 4 rings (SSSR count). The quantitative estimate of drug-likeness (QED) is 0.465. The van der Waals surface area contributed by atoms with E-state index in [1.807, 2.05) is 0 Å². The van der Waals surface area contributed by atoms with Gasteiger partial charge < -0.3 is 24.4 Å². The third kappa shape index (κ3) is 5.45. The molecule has 3 atom stereocenters. The second kappa shape index (κ2) is 10.9. The van der Waals surface area contributed by atoms with Gasteiger partial charge >= 0.3 is 6.09 Å². The van der Waals surface area contributed by atoms with Crippen LogP contribution in [0, 0.1) is 5.82 Å². The van der Waals surface area contributed by atoms with Crippen LogP contribution in [0.1, 0.15) is 22.8 Å². The Hall–Kier alpha value is -3.50. The van der Waals surface area contributed by atoms with Crippen LogP contribution in [0.15, 0.2) is 48.7 Å². The molecule has 2 aromatic carbocycles. The van der Waals surface area contributed by atoms with Crippen LogP contribution in [-0.2, 0) is 22.6 Å². The summed E-state index contributed by atoms with van der Waals surface area (Å²) >= 11 is 5.77. The molecule has 1 fully saturated rings. The molecule has 2 amide bonds. The van der Waals surface area contributed by atoms with Gasteiger partial charge in [0.15, 0.2) is 12.0 Å². The van der Waals surface area contributed by atoms with Gasteiger partial charge in [-0.25, -0.2) is 13.6 Å². The Labute approximate surface area is 217 Å². The summed E-state index contributed by atoms with van der Waals surface area (Å²) in [6.45, 7) is 1.02. The topological polar surface area (TPSA) is 83.9 Å². The number of Topliss-reactive ketones (excluding diaryl/α,β-unsaturated/α-hetero) is 1. The number of hydrogen-bond donors (Lipinski definition) is 1. The van der Waals surface area contributed by atoms with Gasteiger partial charge in [-0.3, -0.25) is 9.59 Å². The number of fused-ring (bicyclic) bond motifs is 1. The number of ketones is 1.